The molecule has 0 radical (unpaired) electrons. The highest BCUT2D eigenvalue weighted by molar-refractivity contribution is 5.68. The van der Waals surface area contributed by atoms with Gasteiger partial charge in [0, 0.05) is 30.5 Å². The third kappa shape index (κ3) is 6.53. The van der Waals surface area contributed by atoms with E-state index in [1.165, 1.54) is 11.1 Å². The van der Waals surface area contributed by atoms with E-state index in [4.69, 9.17) is 14.2 Å². The van der Waals surface area contributed by atoms with E-state index in [0.717, 1.165) is 30.0 Å². The Kier molecular flexibility index (Phi) is 7.20. The Morgan fingerprint density at radius 1 is 0.889 bits per heavy atom. The van der Waals surface area contributed by atoms with Gasteiger partial charge in [-0.1, -0.05) is 38.1 Å². The minimum Gasteiger partial charge on any atom is -0.490 e. The molecule has 0 atom stereocenters. The molecule has 36 heavy (non-hydrogen) atoms. The molecular weight excluding hydrogens is 454 g/mol. The zero-order valence-electron chi connectivity index (χ0n) is 21.9. The molecule has 1 N–H and O–H groups in total. The Labute approximate surface area is 213 Å². The van der Waals surface area contributed by atoms with Crippen molar-refractivity contribution in [3.8, 4) is 17.4 Å². The van der Waals surface area contributed by atoms with Crippen molar-refractivity contribution in [2.75, 3.05) is 0 Å². The predicted molar refractivity (Wildman–Crippen MR) is 139 cm³/mol. The van der Waals surface area contributed by atoms with E-state index in [0.29, 0.717) is 5.88 Å². The van der Waals surface area contributed by atoms with Crippen LogP contribution in [0.15, 0.2) is 60.9 Å². The molecule has 1 heterocycles. The Hall–Kier alpha value is -3.61. The molecule has 1 saturated carbocycles. The molecule has 3 aromatic rings. The fourth-order valence-corrected chi connectivity index (χ4v) is 4.11. The fraction of sp³-hybridized carbons (Fsp3) is 0.414. The van der Waals surface area contributed by atoms with Crippen molar-refractivity contribution < 1.29 is 19.0 Å². The summed E-state index contributed by atoms with van der Waals surface area (Å²) in [5.41, 5.74) is 2.48. The lowest BCUT2D eigenvalue weighted by molar-refractivity contribution is 0.0363. The Balaban J connectivity index is 1.30. The van der Waals surface area contributed by atoms with Gasteiger partial charge in [-0.25, -0.2) is 9.78 Å². The lowest BCUT2D eigenvalue weighted by atomic mass is 9.78. The summed E-state index contributed by atoms with van der Waals surface area (Å²) in [4.78, 5) is 20.4. The molecule has 0 aliphatic heterocycles. The van der Waals surface area contributed by atoms with Gasteiger partial charge in [-0.15, -0.1) is 0 Å². The van der Waals surface area contributed by atoms with Crippen LogP contribution < -0.4 is 14.8 Å². The average molecular weight is 490 g/mol. The van der Waals surface area contributed by atoms with Gasteiger partial charge in [-0.05, 0) is 63.1 Å². The average Bonchev–Trinajstić information content (AvgIpc) is 2.77. The maximum absolute atomic E-state index is 11.9. The summed E-state index contributed by atoms with van der Waals surface area (Å²) in [5, 5.41) is 2.90. The zero-order valence-corrected chi connectivity index (χ0v) is 21.9. The topological polar surface area (TPSA) is 82.6 Å². The lowest BCUT2D eigenvalue weighted by Crippen LogP contribution is -2.50. The molecule has 7 heteroatoms. The summed E-state index contributed by atoms with van der Waals surface area (Å²) in [6.07, 6.45) is 4.57. The number of alkyl carbamates (subject to hydrolysis) is 1. The van der Waals surface area contributed by atoms with Crippen molar-refractivity contribution in [1.29, 1.82) is 0 Å². The fourth-order valence-electron chi connectivity index (χ4n) is 4.11. The summed E-state index contributed by atoms with van der Waals surface area (Å²) in [6, 6.07) is 16.4. The first-order valence-electron chi connectivity index (χ1n) is 12.3. The highest BCUT2D eigenvalue weighted by Crippen LogP contribution is 2.34. The van der Waals surface area contributed by atoms with Crippen LogP contribution in [0.4, 0.5) is 4.79 Å². The second kappa shape index (κ2) is 10.2. The zero-order chi connectivity index (χ0) is 25.9. The minimum atomic E-state index is -0.494. The van der Waals surface area contributed by atoms with Gasteiger partial charge >= 0.3 is 6.09 Å². The van der Waals surface area contributed by atoms with Gasteiger partial charge in [0.15, 0.2) is 0 Å². The van der Waals surface area contributed by atoms with Gasteiger partial charge < -0.3 is 19.5 Å². The molecule has 4 rings (SSSR count). The van der Waals surface area contributed by atoms with Gasteiger partial charge in [-0.2, -0.15) is 0 Å². The van der Waals surface area contributed by atoms with Crippen LogP contribution in [-0.2, 0) is 10.2 Å². The molecule has 1 aliphatic carbocycles. The molecule has 1 fully saturated rings. The molecule has 1 aromatic heterocycles. The van der Waals surface area contributed by atoms with Crippen molar-refractivity contribution in [2.45, 2.75) is 77.5 Å². The lowest BCUT2D eigenvalue weighted by Gasteiger charge is -2.36. The SMILES string of the molecule is Cc1cncc(Oc2ccc(C(C)(C)c3ccc(OC4CC(NC(=O)OC(C)(C)C)C4)cc3)cc2)n1. The number of aryl methyl sites for hydroxylation is 1. The number of benzene rings is 2. The van der Waals surface area contributed by atoms with Crippen LogP contribution in [0.2, 0.25) is 0 Å². The Morgan fingerprint density at radius 3 is 2.03 bits per heavy atom. The highest BCUT2D eigenvalue weighted by Gasteiger charge is 2.33. The third-order valence-electron chi connectivity index (χ3n) is 6.23. The maximum atomic E-state index is 11.9. The molecule has 0 spiro atoms. The van der Waals surface area contributed by atoms with Crippen molar-refractivity contribution in [1.82, 2.24) is 15.3 Å². The van der Waals surface area contributed by atoms with Crippen molar-refractivity contribution in [3.63, 3.8) is 0 Å². The summed E-state index contributed by atoms with van der Waals surface area (Å²) in [5.74, 6) is 2.03. The van der Waals surface area contributed by atoms with Gasteiger partial charge in [-0.3, -0.25) is 4.98 Å². The number of nitrogens with one attached hydrogen (secondary N) is 1. The first-order chi connectivity index (χ1) is 17.0. The molecule has 0 unspecified atom stereocenters. The van der Waals surface area contributed by atoms with Crippen molar-refractivity contribution in [3.05, 3.63) is 77.7 Å². The highest BCUT2D eigenvalue weighted by atomic mass is 16.6. The molecular formula is C29H35N3O4. The molecule has 2 aromatic carbocycles. The monoisotopic (exact) mass is 489 g/mol. The molecule has 0 saturated heterocycles. The maximum Gasteiger partial charge on any atom is 0.407 e. The Bertz CT molecular complexity index is 1180. The number of hydrogen-bond acceptors (Lipinski definition) is 6. The van der Waals surface area contributed by atoms with Crippen LogP contribution in [0.5, 0.6) is 17.4 Å². The van der Waals surface area contributed by atoms with Crippen LogP contribution in [0.3, 0.4) is 0 Å². The number of rotatable bonds is 7. The smallest absolute Gasteiger partial charge is 0.407 e. The van der Waals surface area contributed by atoms with Crippen molar-refractivity contribution in [2.24, 2.45) is 0 Å². The standard InChI is InChI=1S/C29H35N3O4/c1-19-17-30-18-26(31-19)35-24-13-9-21(10-14-24)29(5,6)20-7-11-23(12-8-20)34-25-15-22(16-25)32-27(33)36-28(2,3)4/h7-14,17-18,22,25H,15-16H2,1-6H3,(H,32,33). The van der Waals surface area contributed by atoms with E-state index >= 15 is 0 Å². The van der Waals surface area contributed by atoms with E-state index in [9.17, 15) is 4.79 Å². The second-order valence-electron chi connectivity index (χ2n) is 10.8. The number of amides is 1. The molecule has 0 bridgehead atoms. The number of ether oxygens (including phenoxy) is 3. The van der Waals surface area contributed by atoms with E-state index in [2.05, 4.69) is 53.4 Å². The van der Waals surface area contributed by atoms with E-state index < -0.39 is 5.60 Å². The summed E-state index contributed by atoms with van der Waals surface area (Å²) in [7, 11) is 0. The normalized spacial score (nSPS) is 17.6. The summed E-state index contributed by atoms with van der Waals surface area (Å²) >= 11 is 0. The van der Waals surface area contributed by atoms with E-state index in [1.807, 2.05) is 52.0 Å². The van der Waals surface area contributed by atoms with Gasteiger partial charge in [0.05, 0.1) is 11.9 Å². The molecule has 1 aliphatic rings. The molecule has 1 amide bonds. The van der Waals surface area contributed by atoms with Crippen LogP contribution in [0, 0.1) is 6.92 Å². The van der Waals surface area contributed by atoms with Gasteiger partial charge in [0.1, 0.15) is 23.2 Å². The molecule has 7 nitrogen and oxygen atoms in total. The predicted octanol–water partition coefficient (Wildman–Crippen LogP) is 6.34. The van der Waals surface area contributed by atoms with Gasteiger partial charge in [0.25, 0.3) is 0 Å². The minimum absolute atomic E-state index is 0.0907. The van der Waals surface area contributed by atoms with Crippen molar-refractivity contribution >= 4 is 6.09 Å². The quantitative estimate of drug-likeness (QED) is 0.417. The van der Waals surface area contributed by atoms with Gasteiger partial charge in [0.2, 0.25) is 5.88 Å². The third-order valence-corrected chi connectivity index (χ3v) is 6.23. The van der Waals surface area contributed by atoms with Crippen LogP contribution in [0.25, 0.3) is 0 Å². The number of nitrogens with zero attached hydrogens (tertiary/aromatic N) is 2. The van der Waals surface area contributed by atoms with E-state index in [-0.39, 0.29) is 23.7 Å². The first kappa shape index (κ1) is 25.5. The number of carbonyl (C=O) groups is 1. The van der Waals surface area contributed by atoms with E-state index in [1.54, 1.807) is 12.4 Å². The largest absolute Gasteiger partial charge is 0.490 e. The summed E-state index contributed by atoms with van der Waals surface area (Å²) < 4.78 is 17.2. The number of hydrogen-bond donors (Lipinski definition) is 1. The molecule has 190 valence electrons. The number of carbonyl (C=O) groups excluding carboxylic acids is 1. The Morgan fingerprint density at radius 2 is 1.47 bits per heavy atom. The van der Waals surface area contributed by atoms with Crippen LogP contribution >= 0.6 is 0 Å². The second-order valence-corrected chi connectivity index (χ2v) is 10.8. The first-order valence-corrected chi connectivity index (χ1v) is 12.3. The number of aromatic nitrogens is 2. The summed E-state index contributed by atoms with van der Waals surface area (Å²) in [6.45, 7) is 11.9. The van der Waals surface area contributed by atoms with Crippen LogP contribution in [-0.4, -0.2) is 33.8 Å². The van der Waals surface area contributed by atoms with Crippen LogP contribution in [0.1, 0.15) is 64.3 Å².